The molecule has 0 fully saturated rings. The van der Waals surface area contributed by atoms with Crippen molar-refractivity contribution in [3.63, 3.8) is 0 Å². The van der Waals surface area contributed by atoms with Crippen molar-refractivity contribution in [2.24, 2.45) is 11.8 Å². The molecule has 98 valence electrons. The van der Waals surface area contributed by atoms with Crippen LogP contribution < -0.4 is 5.32 Å². The van der Waals surface area contributed by atoms with Gasteiger partial charge in [0, 0.05) is 16.9 Å². The number of hydrogen-bond donors (Lipinski definition) is 1. The van der Waals surface area contributed by atoms with E-state index in [2.05, 4.69) is 54.2 Å². The molecule has 2 atom stereocenters. The second kappa shape index (κ2) is 5.43. The van der Waals surface area contributed by atoms with Crippen molar-refractivity contribution in [3.8, 4) is 0 Å². The number of nitrogens with one attached hydrogen (secondary N) is 1. The van der Waals surface area contributed by atoms with E-state index >= 15 is 0 Å². The van der Waals surface area contributed by atoms with Crippen molar-refractivity contribution < 1.29 is 4.79 Å². The lowest BCUT2D eigenvalue weighted by Crippen LogP contribution is -2.19. The Kier molecular flexibility index (Phi) is 4.10. The van der Waals surface area contributed by atoms with Crippen molar-refractivity contribution >= 4 is 27.5 Å². The number of benzene rings is 1. The molecule has 1 amide bonds. The SMILES string of the molecule is CC(C)C(C)C(Br)c1ccc2c(c1)CCC(=O)N2. The zero-order valence-corrected chi connectivity index (χ0v) is 12.8. The summed E-state index contributed by atoms with van der Waals surface area (Å²) in [6.45, 7) is 6.76. The van der Waals surface area contributed by atoms with Crippen LogP contribution >= 0.6 is 15.9 Å². The molecule has 1 heterocycles. The molecule has 2 rings (SSSR count). The molecule has 2 nitrogen and oxygen atoms in total. The minimum atomic E-state index is 0.126. The topological polar surface area (TPSA) is 29.1 Å². The standard InChI is InChI=1S/C15H20BrNO/c1-9(2)10(3)15(16)12-4-6-13-11(8-12)5-7-14(18)17-13/h4,6,8-10,15H,5,7H2,1-3H3,(H,17,18). The maximum atomic E-state index is 11.3. The molecule has 1 aliphatic heterocycles. The molecule has 0 spiro atoms. The fourth-order valence-electron chi connectivity index (χ4n) is 2.22. The van der Waals surface area contributed by atoms with E-state index in [9.17, 15) is 4.79 Å². The Balaban J connectivity index is 2.23. The summed E-state index contributed by atoms with van der Waals surface area (Å²) in [5, 5.41) is 2.92. The van der Waals surface area contributed by atoms with Crippen LogP contribution in [0, 0.1) is 11.8 Å². The maximum absolute atomic E-state index is 11.3. The van der Waals surface area contributed by atoms with Crippen molar-refractivity contribution in [1.82, 2.24) is 0 Å². The highest BCUT2D eigenvalue weighted by Crippen LogP contribution is 2.37. The largest absolute Gasteiger partial charge is 0.326 e. The predicted octanol–water partition coefficient (Wildman–Crippen LogP) is 4.30. The first-order valence-corrected chi connectivity index (χ1v) is 7.47. The average Bonchev–Trinajstić information content (AvgIpc) is 2.36. The number of alkyl halides is 1. The van der Waals surface area contributed by atoms with Gasteiger partial charge in [-0.05, 0) is 35.4 Å². The van der Waals surface area contributed by atoms with Gasteiger partial charge in [-0.3, -0.25) is 4.79 Å². The molecule has 0 aliphatic carbocycles. The summed E-state index contributed by atoms with van der Waals surface area (Å²) in [5.74, 6) is 1.35. The monoisotopic (exact) mass is 309 g/mol. The highest BCUT2D eigenvalue weighted by Gasteiger charge is 2.21. The van der Waals surface area contributed by atoms with E-state index in [-0.39, 0.29) is 5.91 Å². The van der Waals surface area contributed by atoms with Crippen LogP contribution in [0.5, 0.6) is 0 Å². The summed E-state index contributed by atoms with van der Waals surface area (Å²) in [5.41, 5.74) is 3.55. The Bertz CT molecular complexity index is 456. The van der Waals surface area contributed by atoms with E-state index < -0.39 is 0 Å². The Morgan fingerprint density at radius 2 is 1.94 bits per heavy atom. The summed E-state index contributed by atoms with van der Waals surface area (Å²) in [7, 11) is 0. The minimum absolute atomic E-state index is 0.126. The number of fused-ring (bicyclic) bond motifs is 1. The Labute approximate surface area is 117 Å². The third-order valence-electron chi connectivity index (χ3n) is 3.86. The van der Waals surface area contributed by atoms with E-state index in [0.29, 0.717) is 23.1 Å². The van der Waals surface area contributed by atoms with Crippen molar-refractivity contribution in [3.05, 3.63) is 29.3 Å². The number of halogens is 1. The lowest BCUT2D eigenvalue weighted by molar-refractivity contribution is -0.116. The molecule has 0 saturated carbocycles. The Morgan fingerprint density at radius 1 is 1.22 bits per heavy atom. The zero-order chi connectivity index (χ0) is 13.3. The summed E-state index contributed by atoms with van der Waals surface area (Å²) in [4.78, 5) is 11.7. The highest BCUT2D eigenvalue weighted by molar-refractivity contribution is 9.09. The lowest BCUT2D eigenvalue weighted by atomic mass is 9.89. The first-order chi connectivity index (χ1) is 8.49. The summed E-state index contributed by atoms with van der Waals surface area (Å²) >= 11 is 3.80. The van der Waals surface area contributed by atoms with Gasteiger partial charge in [-0.2, -0.15) is 0 Å². The van der Waals surface area contributed by atoms with Gasteiger partial charge in [-0.25, -0.2) is 0 Å². The van der Waals surface area contributed by atoms with Gasteiger partial charge in [0.1, 0.15) is 0 Å². The summed E-state index contributed by atoms with van der Waals surface area (Å²) in [6, 6.07) is 6.37. The second-order valence-electron chi connectivity index (χ2n) is 5.47. The molecule has 1 N–H and O–H groups in total. The van der Waals surface area contributed by atoms with Crippen LogP contribution in [0.2, 0.25) is 0 Å². The van der Waals surface area contributed by atoms with Gasteiger partial charge in [-0.1, -0.05) is 48.8 Å². The van der Waals surface area contributed by atoms with E-state index in [1.54, 1.807) is 0 Å². The molecule has 18 heavy (non-hydrogen) atoms. The fraction of sp³-hybridized carbons (Fsp3) is 0.533. The zero-order valence-electron chi connectivity index (χ0n) is 11.2. The van der Waals surface area contributed by atoms with Crippen molar-refractivity contribution in [2.75, 3.05) is 5.32 Å². The molecular formula is C15H20BrNO. The molecule has 0 radical (unpaired) electrons. The molecule has 1 aromatic carbocycles. The summed E-state index contributed by atoms with van der Waals surface area (Å²) < 4.78 is 0. The van der Waals surface area contributed by atoms with Crippen LogP contribution in [0.1, 0.15) is 43.1 Å². The first-order valence-electron chi connectivity index (χ1n) is 6.55. The van der Waals surface area contributed by atoms with Gasteiger partial charge < -0.3 is 5.32 Å². The number of hydrogen-bond acceptors (Lipinski definition) is 1. The number of anilines is 1. The molecular weight excluding hydrogens is 290 g/mol. The molecule has 1 aliphatic rings. The molecule has 2 unspecified atom stereocenters. The fourth-order valence-corrected chi connectivity index (χ4v) is 3.11. The van der Waals surface area contributed by atoms with Crippen LogP contribution in [0.25, 0.3) is 0 Å². The van der Waals surface area contributed by atoms with Gasteiger partial charge in [0.15, 0.2) is 0 Å². The Hall–Kier alpha value is -0.830. The minimum Gasteiger partial charge on any atom is -0.326 e. The van der Waals surface area contributed by atoms with Crippen LogP contribution in [0.4, 0.5) is 5.69 Å². The predicted molar refractivity (Wildman–Crippen MR) is 79.1 cm³/mol. The van der Waals surface area contributed by atoms with Crippen molar-refractivity contribution in [1.29, 1.82) is 0 Å². The van der Waals surface area contributed by atoms with Crippen LogP contribution in [-0.2, 0) is 11.2 Å². The van der Waals surface area contributed by atoms with E-state index in [4.69, 9.17) is 0 Å². The maximum Gasteiger partial charge on any atom is 0.224 e. The smallest absolute Gasteiger partial charge is 0.224 e. The quantitative estimate of drug-likeness (QED) is 0.829. The van der Waals surface area contributed by atoms with Gasteiger partial charge in [0.25, 0.3) is 0 Å². The van der Waals surface area contributed by atoms with E-state index in [0.717, 1.165) is 12.1 Å². The number of carbonyl (C=O) groups is 1. The number of carbonyl (C=O) groups excluding carboxylic acids is 1. The molecule has 0 saturated heterocycles. The number of amides is 1. The molecule has 1 aromatic rings. The highest BCUT2D eigenvalue weighted by atomic mass is 79.9. The van der Waals surface area contributed by atoms with Gasteiger partial charge in [0.05, 0.1) is 0 Å². The Morgan fingerprint density at radius 3 is 2.61 bits per heavy atom. The van der Waals surface area contributed by atoms with Crippen LogP contribution in [0.15, 0.2) is 18.2 Å². The molecule has 3 heteroatoms. The third-order valence-corrected chi connectivity index (χ3v) is 5.22. The second-order valence-corrected chi connectivity index (χ2v) is 6.46. The number of rotatable bonds is 3. The molecule has 0 aromatic heterocycles. The number of aryl methyl sites for hydroxylation is 1. The van der Waals surface area contributed by atoms with E-state index in [1.807, 2.05) is 6.07 Å². The van der Waals surface area contributed by atoms with Crippen molar-refractivity contribution in [2.45, 2.75) is 38.4 Å². The van der Waals surface area contributed by atoms with Gasteiger partial charge in [0.2, 0.25) is 5.91 Å². The normalized spacial score (nSPS) is 18.2. The first kappa shape index (κ1) is 13.6. The van der Waals surface area contributed by atoms with Crippen LogP contribution in [-0.4, -0.2) is 5.91 Å². The lowest BCUT2D eigenvalue weighted by Gasteiger charge is -2.24. The van der Waals surface area contributed by atoms with Crippen LogP contribution in [0.3, 0.4) is 0 Å². The van der Waals surface area contributed by atoms with Gasteiger partial charge in [-0.15, -0.1) is 0 Å². The molecule has 0 bridgehead atoms. The average molecular weight is 310 g/mol. The van der Waals surface area contributed by atoms with E-state index in [1.165, 1.54) is 11.1 Å². The summed E-state index contributed by atoms with van der Waals surface area (Å²) in [6.07, 6.45) is 1.45. The third kappa shape index (κ3) is 2.77. The van der Waals surface area contributed by atoms with Gasteiger partial charge >= 0.3 is 0 Å².